The van der Waals surface area contributed by atoms with Crippen LogP contribution in [0.4, 0.5) is 0 Å². The topological polar surface area (TPSA) is 20.3 Å². The summed E-state index contributed by atoms with van der Waals surface area (Å²) in [5.74, 6) is 0.119. The van der Waals surface area contributed by atoms with Gasteiger partial charge in [0.05, 0.1) is 0 Å². The normalized spacial score (nSPS) is 23.5. The number of carbonyl (C=O) groups excluding carboxylic acids is 1. The first-order valence-corrected chi connectivity index (χ1v) is 7.39. The molecule has 0 spiro atoms. The number of rotatable bonds is 2. The number of likely N-dealkylation sites (tertiary alicyclic amines) is 1. The van der Waals surface area contributed by atoms with E-state index in [2.05, 4.69) is 45.0 Å². The molecule has 1 heterocycles. The van der Waals surface area contributed by atoms with Crippen LogP contribution in [-0.4, -0.2) is 22.9 Å². The van der Waals surface area contributed by atoms with E-state index in [9.17, 15) is 4.79 Å². The predicted octanol–water partition coefficient (Wildman–Crippen LogP) is 3.88. The van der Waals surface area contributed by atoms with E-state index in [1.54, 1.807) is 0 Å². The summed E-state index contributed by atoms with van der Waals surface area (Å²) >= 11 is 0. The Morgan fingerprint density at radius 2 is 1.43 bits per heavy atom. The van der Waals surface area contributed by atoms with Gasteiger partial charge in [-0.2, -0.15) is 0 Å². The van der Waals surface area contributed by atoms with Gasteiger partial charge in [-0.1, -0.05) is 55.5 Å². The number of benzene rings is 2. The average Bonchev–Trinajstić information content (AvgIpc) is 2.53. The summed E-state index contributed by atoms with van der Waals surface area (Å²) in [5.41, 5.74) is 1.87. The largest absolute Gasteiger partial charge is 0.332 e. The van der Waals surface area contributed by atoms with E-state index in [4.69, 9.17) is 0 Å². The summed E-state index contributed by atoms with van der Waals surface area (Å²) in [4.78, 5) is 14.7. The molecule has 0 aromatic heterocycles. The Kier molecular flexibility index (Phi) is 3.12. The Balaban J connectivity index is 1.89. The molecule has 2 aromatic rings. The van der Waals surface area contributed by atoms with Crippen LogP contribution in [0.15, 0.2) is 60.7 Å². The molecule has 1 aliphatic rings. The number of hydrogen-bond donors (Lipinski definition) is 0. The zero-order valence-electron chi connectivity index (χ0n) is 12.8. The maximum Gasteiger partial charge on any atom is 0.254 e. The number of nitrogens with zero attached hydrogens (tertiary/aromatic N) is 1. The minimum absolute atomic E-state index is 0.00129. The van der Waals surface area contributed by atoms with E-state index in [1.165, 1.54) is 5.56 Å². The number of amides is 1. The van der Waals surface area contributed by atoms with Crippen LogP contribution in [0.25, 0.3) is 0 Å². The lowest BCUT2D eigenvalue weighted by Crippen LogP contribution is -2.74. The van der Waals surface area contributed by atoms with Crippen molar-refractivity contribution in [3.05, 3.63) is 71.8 Å². The average molecular weight is 279 g/mol. The first kappa shape index (κ1) is 13.9. The third-order valence-corrected chi connectivity index (χ3v) is 5.18. The molecule has 0 radical (unpaired) electrons. The number of hydrogen-bond acceptors (Lipinski definition) is 1. The summed E-state index contributed by atoms with van der Waals surface area (Å²) in [6, 6.07) is 20.0. The molecule has 0 N–H and O–H groups in total. The van der Waals surface area contributed by atoms with Crippen molar-refractivity contribution in [2.75, 3.05) is 6.54 Å². The Labute approximate surface area is 126 Å². The van der Waals surface area contributed by atoms with Gasteiger partial charge < -0.3 is 4.90 Å². The van der Waals surface area contributed by atoms with E-state index in [0.29, 0.717) is 0 Å². The maximum absolute atomic E-state index is 12.7. The van der Waals surface area contributed by atoms with E-state index in [0.717, 1.165) is 12.1 Å². The van der Waals surface area contributed by atoms with Gasteiger partial charge in [-0.05, 0) is 31.5 Å². The van der Waals surface area contributed by atoms with Gasteiger partial charge in [0, 0.05) is 23.1 Å². The predicted molar refractivity (Wildman–Crippen MR) is 85.4 cm³/mol. The van der Waals surface area contributed by atoms with Crippen LogP contribution in [0.2, 0.25) is 0 Å². The third kappa shape index (κ3) is 1.98. The highest BCUT2D eigenvalue weighted by atomic mass is 16.2. The van der Waals surface area contributed by atoms with Gasteiger partial charge in [-0.15, -0.1) is 0 Å². The summed E-state index contributed by atoms with van der Waals surface area (Å²) in [6.07, 6.45) is 0. The van der Waals surface area contributed by atoms with Crippen LogP contribution in [0.5, 0.6) is 0 Å². The van der Waals surface area contributed by atoms with Gasteiger partial charge in [-0.3, -0.25) is 4.79 Å². The van der Waals surface area contributed by atoms with Crippen molar-refractivity contribution < 1.29 is 4.79 Å². The molecule has 0 bridgehead atoms. The zero-order valence-corrected chi connectivity index (χ0v) is 12.8. The molecule has 2 nitrogen and oxygen atoms in total. The van der Waals surface area contributed by atoms with Crippen molar-refractivity contribution in [2.24, 2.45) is 0 Å². The molecule has 1 fully saturated rings. The summed E-state index contributed by atoms with van der Waals surface area (Å²) in [6.45, 7) is 7.32. The highest BCUT2D eigenvalue weighted by Gasteiger charge is 2.58. The van der Waals surface area contributed by atoms with E-state index < -0.39 is 0 Å². The third-order valence-electron chi connectivity index (χ3n) is 5.18. The summed E-state index contributed by atoms with van der Waals surface area (Å²) < 4.78 is 0. The summed E-state index contributed by atoms with van der Waals surface area (Å²) in [7, 11) is 0. The zero-order chi connectivity index (χ0) is 15.1. The molecule has 21 heavy (non-hydrogen) atoms. The fraction of sp³-hybridized carbons (Fsp3) is 0.316. The van der Waals surface area contributed by atoms with Gasteiger partial charge in [0.15, 0.2) is 0 Å². The van der Waals surface area contributed by atoms with Gasteiger partial charge in [0.2, 0.25) is 0 Å². The standard InChI is InChI=1S/C19H21NO/c1-18(2)19(3,16-12-8-5-9-13-16)14-20(18)17(21)15-10-6-4-7-11-15/h4-13H,14H2,1-3H3. The molecule has 1 unspecified atom stereocenters. The molecule has 1 atom stereocenters. The maximum atomic E-state index is 12.7. The molecule has 1 amide bonds. The molecule has 108 valence electrons. The second-order valence-electron chi connectivity index (χ2n) is 6.51. The Hall–Kier alpha value is -2.09. The monoisotopic (exact) mass is 279 g/mol. The van der Waals surface area contributed by atoms with Crippen molar-refractivity contribution in [3.8, 4) is 0 Å². The second-order valence-corrected chi connectivity index (χ2v) is 6.51. The van der Waals surface area contributed by atoms with Crippen LogP contribution in [0.1, 0.15) is 36.7 Å². The minimum Gasteiger partial charge on any atom is -0.332 e. The van der Waals surface area contributed by atoms with Crippen molar-refractivity contribution in [2.45, 2.75) is 31.7 Å². The fourth-order valence-electron chi connectivity index (χ4n) is 3.23. The smallest absolute Gasteiger partial charge is 0.254 e. The van der Waals surface area contributed by atoms with Gasteiger partial charge in [0.25, 0.3) is 5.91 Å². The molecule has 0 aliphatic carbocycles. The molecule has 3 rings (SSSR count). The van der Waals surface area contributed by atoms with Crippen LogP contribution in [0.3, 0.4) is 0 Å². The molecule has 2 aromatic carbocycles. The lowest BCUT2D eigenvalue weighted by molar-refractivity contribution is -0.0504. The van der Waals surface area contributed by atoms with Crippen LogP contribution in [0, 0.1) is 0 Å². The molecule has 0 saturated carbocycles. The summed E-state index contributed by atoms with van der Waals surface area (Å²) in [5, 5.41) is 0. The van der Waals surface area contributed by atoms with Crippen LogP contribution < -0.4 is 0 Å². The molecule has 1 saturated heterocycles. The Morgan fingerprint density at radius 1 is 0.905 bits per heavy atom. The SMILES string of the molecule is CC1(c2ccccc2)CN(C(=O)c2ccccc2)C1(C)C. The Bertz CT molecular complexity index is 648. The van der Waals surface area contributed by atoms with Crippen LogP contribution >= 0.6 is 0 Å². The lowest BCUT2D eigenvalue weighted by atomic mass is 9.60. The lowest BCUT2D eigenvalue weighted by Gasteiger charge is -2.63. The first-order chi connectivity index (χ1) is 9.97. The highest BCUT2D eigenvalue weighted by molar-refractivity contribution is 5.95. The number of carbonyl (C=O) groups is 1. The van der Waals surface area contributed by atoms with E-state index in [1.807, 2.05) is 41.3 Å². The van der Waals surface area contributed by atoms with Crippen molar-refractivity contribution in [1.29, 1.82) is 0 Å². The van der Waals surface area contributed by atoms with Crippen molar-refractivity contribution in [3.63, 3.8) is 0 Å². The highest BCUT2D eigenvalue weighted by Crippen LogP contribution is 2.49. The quantitative estimate of drug-likeness (QED) is 0.817. The van der Waals surface area contributed by atoms with Crippen molar-refractivity contribution in [1.82, 2.24) is 4.90 Å². The van der Waals surface area contributed by atoms with Crippen molar-refractivity contribution >= 4 is 5.91 Å². The van der Waals surface area contributed by atoms with Gasteiger partial charge in [-0.25, -0.2) is 0 Å². The molecular formula is C19H21NO. The van der Waals surface area contributed by atoms with E-state index >= 15 is 0 Å². The molecule has 2 heteroatoms. The van der Waals surface area contributed by atoms with Crippen LogP contribution in [-0.2, 0) is 5.41 Å². The second kappa shape index (κ2) is 4.73. The molecule has 1 aliphatic heterocycles. The first-order valence-electron chi connectivity index (χ1n) is 7.39. The Morgan fingerprint density at radius 3 is 1.95 bits per heavy atom. The van der Waals surface area contributed by atoms with Gasteiger partial charge in [0.1, 0.15) is 0 Å². The van der Waals surface area contributed by atoms with E-state index in [-0.39, 0.29) is 16.9 Å². The minimum atomic E-state index is -0.193. The molecular weight excluding hydrogens is 258 g/mol. The fourth-order valence-corrected chi connectivity index (χ4v) is 3.23. The van der Waals surface area contributed by atoms with Gasteiger partial charge >= 0.3 is 0 Å².